The van der Waals surface area contributed by atoms with Gasteiger partial charge in [0.2, 0.25) is 0 Å². The SMILES string of the molecule is O=c1cc(C=NO)nc(SCc2ccc3ccccc3c2)[nH]1. The van der Waals surface area contributed by atoms with Crippen LogP contribution in [0.15, 0.2) is 63.6 Å². The van der Waals surface area contributed by atoms with Crippen LogP contribution >= 0.6 is 11.8 Å². The molecule has 0 aliphatic rings. The van der Waals surface area contributed by atoms with E-state index in [-0.39, 0.29) is 5.56 Å². The molecule has 0 radical (unpaired) electrons. The Labute approximate surface area is 130 Å². The van der Waals surface area contributed by atoms with E-state index in [4.69, 9.17) is 5.21 Å². The van der Waals surface area contributed by atoms with E-state index in [0.29, 0.717) is 16.6 Å². The molecular weight excluding hydrogens is 298 g/mol. The molecule has 0 unspecified atom stereocenters. The van der Waals surface area contributed by atoms with E-state index >= 15 is 0 Å². The predicted octanol–water partition coefficient (Wildman–Crippen LogP) is 3.02. The third-order valence-electron chi connectivity index (χ3n) is 3.12. The van der Waals surface area contributed by atoms with E-state index in [2.05, 4.69) is 45.5 Å². The number of H-pyrrole nitrogens is 1. The number of aromatic amines is 1. The van der Waals surface area contributed by atoms with E-state index in [9.17, 15) is 4.79 Å². The lowest BCUT2D eigenvalue weighted by Gasteiger charge is -2.04. The van der Waals surface area contributed by atoms with Gasteiger partial charge in [0.1, 0.15) is 0 Å². The molecule has 2 N–H and O–H groups in total. The molecule has 0 aliphatic heterocycles. The normalized spacial score (nSPS) is 11.3. The maximum atomic E-state index is 11.5. The maximum absolute atomic E-state index is 11.5. The summed E-state index contributed by atoms with van der Waals surface area (Å²) in [5.74, 6) is 0.688. The van der Waals surface area contributed by atoms with E-state index in [1.165, 1.54) is 28.6 Å². The average Bonchev–Trinajstić information content (AvgIpc) is 2.52. The number of aromatic nitrogens is 2. The Kier molecular flexibility index (Phi) is 4.20. The summed E-state index contributed by atoms with van der Waals surface area (Å²) in [6, 6.07) is 15.7. The van der Waals surface area contributed by atoms with E-state index in [1.54, 1.807) is 0 Å². The number of nitrogens with one attached hydrogen (secondary N) is 1. The molecule has 1 aromatic heterocycles. The number of benzene rings is 2. The van der Waals surface area contributed by atoms with Gasteiger partial charge >= 0.3 is 0 Å². The van der Waals surface area contributed by atoms with Crippen molar-refractivity contribution in [2.24, 2.45) is 5.16 Å². The van der Waals surface area contributed by atoms with Crippen LogP contribution in [0, 0.1) is 0 Å². The van der Waals surface area contributed by atoms with Crippen LogP contribution in [-0.4, -0.2) is 21.4 Å². The van der Waals surface area contributed by atoms with Crippen LogP contribution in [0.2, 0.25) is 0 Å². The summed E-state index contributed by atoms with van der Waals surface area (Å²) >= 11 is 1.43. The van der Waals surface area contributed by atoms with Gasteiger partial charge in [0.15, 0.2) is 5.16 Å². The second-order valence-corrected chi connectivity index (χ2v) is 5.65. The first kappa shape index (κ1) is 14.3. The van der Waals surface area contributed by atoms with Crippen LogP contribution < -0.4 is 5.56 Å². The molecule has 0 aliphatic carbocycles. The van der Waals surface area contributed by atoms with Crippen molar-refractivity contribution in [3.8, 4) is 0 Å². The van der Waals surface area contributed by atoms with Crippen molar-refractivity contribution in [1.82, 2.24) is 9.97 Å². The summed E-state index contributed by atoms with van der Waals surface area (Å²) in [4.78, 5) is 18.4. The van der Waals surface area contributed by atoms with Gasteiger partial charge in [-0.2, -0.15) is 0 Å². The van der Waals surface area contributed by atoms with Crippen molar-refractivity contribution in [1.29, 1.82) is 0 Å². The van der Waals surface area contributed by atoms with Crippen LogP contribution in [0.25, 0.3) is 10.8 Å². The Morgan fingerprint density at radius 2 is 2.00 bits per heavy atom. The number of thioether (sulfide) groups is 1. The molecule has 0 saturated heterocycles. The van der Waals surface area contributed by atoms with E-state index < -0.39 is 0 Å². The highest BCUT2D eigenvalue weighted by atomic mass is 32.2. The van der Waals surface area contributed by atoms with Crippen LogP contribution in [0.1, 0.15) is 11.3 Å². The summed E-state index contributed by atoms with van der Waals surface area (Å²) in [6.45, 7) is 0. The molecule has 0 atom stereocenters. The summed E-state index contributed by atoms with van der Waals surface area (Å²) < 4.78 is 0. The van der Waals surface area contributed by atoms with Gasteiger partial charge in [-0.3, -0.25) is 4.79 Å². The number of nitrogens with zero attached hydrogens (tertiary/aromatic N) is 2. The number of rotatable bonds is 4. The Morgan fingerprint density at radius 3 is 2.82 bits per heavy atom. The minimum absolute atomic E-state index is 0.272. The van der Waals surface area contributed by atoms with Gasteiger partial charge in [0, 0.05) is 11.8 Å². The molecule has 110 valence electrons. The molecule has 0 amide bonds. The number of oxime groups is 1. The molecule has 0 fully saturated rings. The van der Waals surface area contributed by atoms with Crippen molar-refractivity contribution >= 4 is 28.7 Å². The van der Waals surface area contributed by atoms with Crippen LogP contribution in [-0.2, 0) is 5.75 Å². The lowest BCUT2D eigenvalue weighted by molar-refractivity contribution is 0.321. The standard InChI is InChI=1S/C16H13N3O2S/c20-15-8-14(9-17-21)18-16(19-15)22-10-11-5-6-12-3-1-2-4-13(12)7-11/h1-9,21H,10H2,(H,18,19,20). The van der Waals surface area contributed by atoms with Gasteiger partial charge in [-0.1, -0.05) is 59.4 Å². The molecule has 2 aromatic carbocycles. The number of fused-ring (bicyclic) bond motifs is 1. The first-order valence-corrected chi connectivity index (χ1v) is 7.62. The molecule has 5 nitrogen and oxygen atoms in total. The number of hydrogen-bond donors (Lipinski definition) is 2. The van der Waals surface area contributed by atoms with Gasteiger partial charge < -0.3 is 10.2 Å². The Balaban J connectivity index is 1.80. The lowest BCUT2D eigenvalue weighted by atomic mass is 10.1. The summed E-state index contributed by atoms with van der Waals surface area (Å²) in [7, 11) is 0. The first-order chi connectivity index (χ1) is 10.7. The number of hydrogen-bond acceptors (Lipinski definition) is 5. The minimum Gasteiger partial charge on any atom is -0.411 e. The Bertz CT molecular complexity index is 890. The molecule has 6 heteroatoms. The fraction of sp³-hybridized carbons (Fsp3) is 0.0625. The topological polar surface area (TPSA) is 78.3 Å². The largest absolute Gasteiger partial charge is 0.411 e. The highest BCUT2D eigenvalue weighted by molar-refractivity contribution is 7.98. The van der Waals surface area contributed by atoms with Crippen LogP contribution in [0.3, 0.4) is 0 Å². The molecular formula is C16H13N3O2S. The zero-order chi connectivity index (χ0) is 15.4. The summed E-state index contributed by atoms with van der Waals surface area (Å²) in [6.07, 6.45) is 1.13. The second kappa shape index (κ2) is 6.44. The van der Waals surface area contributed by atoms with Gasteiger partial charge in [-0.25, -0.2) is 4.98 Å². The molecule has 3 aromatic rings. The van der Waals surface area contributed by atoms with Crippen molar-refractivity contribution < 1.29 is 5.21 Å². The predicted molar refractivity (Wildman–Crippen MR) is 87.7 cm³/mol. The Morgan fingerprint density at radius 1 is 1.18 bits per heavy atom. The summed E-state index contributed by atoms with van der Waals surface area (Å²) in [5.41, 5.74) is 1.20. The van der Waals surface area contributed by atoms with Crippen molar-refractivity contribution in [2.45, 2.75) is 10.9 Å². The van der Waals surface area contributed by atoms with E-state index in [0.717, 1.165) is 11.8 Å². The zero-order valence-electron chi connectivity index (χ0n) is 11.6. The van der Waals surface area contributed by atoms with Crippen molar-refractivity contribution in [3.63, 3.8) is 0 Å². The molecule has 3 rings (SSSR count). The van der Waals surface area contributed by atoms with E-state index in [1.807, 2.05) is 12.1 Å². The lowest BCUT2D eigenvalue weighted by Crippen LogP contribution is -2.09. The fourth-order valence-electron chi connectivity index (χ4n) is 2.13. The maximum Gasteiger partial charge on any atom is 0.252 e. The van der Waals surface area contributed by atoms with Crippen molar-refractivity contribution in [3.05, 3.63) is 70.1 Å². The molecule has 0 saturated carbocycles. The third-order valence-corrected chi connectivity index (χ3v) is 4.06. The molecule has 0 spiro atoms. The van der Waals surface area contributed by atoms with Gasteiger partial charge in [0.05, 0.1) is 11.9 Å². The van der Waals surface area contributed by atoms with Crippen LogP contribution in [0.5, 0.6) is 0 Å². The first-order valence-electron chi connectivity index (χ1n) is 6.64. The third kappa shape index (κ3) is 3.35. The summed E-state index contributed by atoms with van der Waals surface area (Å²) in [5, 5.41) is 14.3. The van der Waals surface area contributed by atoms with Gasteiger partial charge in [-0.15, -0.1) is 0 Å². The quantitative estimate of drug-likeness (QED) is 0.255. The molecule has 22 heavy (non-hydrogen) atoms. The minimum atomic E-state index is -0.272. The second-order valence-electron chi connectivity index (χ2n) is 4.69. The highest BCUT2D eigenvalue weighted by Crippen LogP contribution is 2.22. The smallest absolute Gasteiger partial charge is 0.252 e. The van der Waals surface area contributed by atoms with Gasteiger partial charge in [0.25, 0.3) is 5.56 Å². The monoisotopic (exact) mass is 311 g/mol. The fourth-order valence-corrected chi connectivity index (χ4v) is 2.95. The Hall–Kier alpha value is -2.60. The zero-order valence-corrected chi connectivity index (χ0v) is 12.4. The highest BCUT2D eigenvalue weighted by Gasteiger charge is 2.03. The average molecular weight is 311 g/mol. The van der Waals surface area contributed by atoms with Crippen LogP contribution in [0.4, 0.5) is 0 Å². The molecule has 0 bridgehead atoms. The van der Waals surface area contributed by atoms with Crippen molar-refractivity contribution in [2.75, 3.05) is 0 Å². The van der Waals surface area contributed by atoms with Gasteiger partial charge in [-0.05, 0) is 16.3 Å². The molecule has 1 heterocycles.